The molecule has 0 fully saturated rings. The fraction of sp³-hybridized carbons (Fsp3) is 0.429. The van der Waals surface area contributed by atoms with Crippen LogP contribution >= 0.6 is 0 Å². The fourth-order valence-electron chi connectivity index (χ4n) is 2.42. The topological polar surface area (TPSA) is 29.5 Å². The molecule has 128 valence electrons. The highest BCUT2D eigenvalue weighted by molar-refractivity contribution is 5.49. The van der Waals surface area contributed by atoms with Crippen molar-refractivity contribution >= 4 is 0 Å². The van der Waals surface area contributed by atoms with Crippen LogP contribution in [0.1, 0.15) is 55.5 Å². The smallest absolute Gasteiger partial charge is 0.133 e. The Kier molecular flexibility index (Phi) is 9.09. The minimum absolute atomic E-state index is 0.338. The van der Waals surface area contributed by atoms with Crippen molar-refractivity contribution in [2.45, 2.75) is 62.3 Å². The molecule has 0 atom stereocenters. The Labute approximate surface area is 142 Å². The zero-order valence-electron chi connectivity index (χ0n) is 16.2. The summed E-state index contributed by atoms with van der Waals surface area (Å²) in [4.78, 5) is 0. The summed E-state index contributed by atoms with van der Waals surface area (Å²) in [6, 6.07) is 7.95. The van der Waals surface area contributed by atoms with Gasteiger partial charge in [-0.2, -0.15) is 0 Å². The van der Waals surface area contributed by atoms with E-state index in [-0.39, 0.29) is 0 Å². The summed E-state index contributed by atoms with van der Waals surface area (Å²) in [6.45, 7) is 17.9. The van der Waals surface area contributed by atoms with Crippen molar-refractivity contribution in [2.75, 3.05) is 0 Å². The molecule has 0 radical (unpaired) electrons. The Balaban J connectivity index is 0.00000112. The van der Waals surface area contributed by atoms with Crippen LogP contribution in [0, 0.1) is 34.6 Å². The normalized spacial score (nSPS) is 9.26. The predicted octanol–water partition coefficient (Wildman–Crippen LogP) is 6.78. The lowest BCUT2D eigenvalue weighted by atomic mass is 10.1. The fourth-order valence-corrected chi connectivity index (χ4v) is 2.42. The zero-order valence-corrected chi connectivity index (χ0v) is 16.2. The van der Waals surface area contributed by atoms with Crippen LogP contribution in [0.15, 0.2) is 24.3 Å². The average molecular weight is 316 g/mol. The number of aromatic hydroxyl groups is 1. The first-order valence-electron chi connectivity index (χ1n) is 8.44. The van der Waals surface area contributed by atoms with Gasteiger partial charge < -0.3 is 9.84 Å². The largest absolute Gasteiger partial charge is 0.507 e. The van der Waals surface area contributed by atoms with Crippen molar-refractivity contribution in [3.63, 3.8) is 0 Å². The van der Waals surface area contributed by atoms with Crippen molar-refractivity contribution in [2.24, 2.45) is 0 Å². The van der Waals surface area contributed by atoms with Crippen LogP contribution in [0.4, 0.5) is 0 Å². The molecule has 0 saturated heterocycles. The first-order chi connectivity index (χ1) is 10.9. The van der Waals surface area contributed by atoms with E-state index in [0.717, 1.165) is 33.8 Å². The summed E-state index contributed by atoms with van der Waals surface area (Å²) in [6.07, 6.45) is 0. The molecule has 1 N–H and O–H groups in total. The molecule has 2 rings (SSSR count). The van der Waals surface area contributed by atoms with E-state index in [1.54, 1.807) is 0 Å². The second-order valence-electron chi connectivity index (χ2n) is 5.24. The van der Waals surface area contributed by atoms with Gasteiger partial charge in [-0.15, -0.1) is 0 Å². The Bertz CT molecular complexity index is 582. The SMILES string of the molecule is CC.CC.Cc1cc(C)c(Oc2cc(C)c(O)c(C)c2)c(C)c1. The van der Waals surface area contributed by atoms with Gasteiger partial charge in [0.2, 0.25) is 0 Å². The Morgan fingerprint density at radius 2 is 1.04 bits per heavy atom. The number of benzene rings is 2. The van der Waals surface area contributed by atoms with Gasteiger partial charge in [0.1, 0.15) is 17.2 Å². The summed E-state index contributed by atoms with van der Waals surface area (Å²) >= 11 is 0. The molecule has 0 saturated carbocycles. The molecular weight excluding hydrogens is 284 g/mol. The molecular formula is C21H32O2. The van der Waals surface area contributed by atoms with E-state index in [0.29, 0.717) is 5.75 Å². The third-order valence-electron chi connectivity index (χ3n) is 3.29. The number of phenolic OH excluding ortho intramolecular Hbond substituents is 1. The highest BCUT2D eigenvalue weighted by Gasteiger charge is 2.09. The quantitative estimate of drug-likeness (QED) is 0.661. The number of hydrogen-bond donors (Lipinski definition) is 1. The molecule has 0 amide bonds. The highest BCUT2D eigenvalue weighted by atomic mass is 16.5. The zero-order chi connectivity index (χ0) is 18.2. The molecule has 0 aliphatic rings. The molecule has 0 heterocycles. The molecule has 0 spiro atoms. The minimum atomic E-state index is 0.338. The monoisotopic (exact) mass is 316 g/mol. The van der Waals surface area contributed by atoms with E-state index >= 15 is 0 Å². The number of hydrogen-bond acceptors (Lipinski definition) is 2. The number of rotatable bonds is 2. The van der Waals surface area contributed by atoms with Crippen molar-refractivity contribution in [1.82, 2.24) is 0 Å². The van der Waals surface area contributed by atoms with Crippen LogP contribution in [0.5, 0.6) is 17.2 Å². The molecule has 0 aliphatic carbocycles. The first-order valence-corrected chi connectivity index (χ1v) is 8.44. The van der Waals surface area contributed by atoms with Crippen LogP contribution in [0.25, 0.3) is 0 Å². The van der Waals surface area contributed by atoms with Gasteiger partial charge in [0.25, 0.3) is 0 Å². The highest BCUT2D eigenvalue weighted by Crippen LogP contribution is 2.33. The van der Waals surface area contributed by atoms with Crippen LogP contribution < -0.4 is 4.74 Å². The molecule has 0 aliphatic heterocycles. The van der Waals surface area contributed by atoms with Crippen molar-refractivity contribution in [3.05, 3.63) is 52.1 Å². The third kappa shape index (κ3) is 5.63. The van der Waals surface area contributed by atoms with E-state index < -0.39 is 0 Å². The lowest BCUT2D eigenvalue weighted by Crippen LogP contribution is -1.93. The standard InChI is InChI=1S/C17H20O2.2C2H6/c1-10-6-13(4)17(14(5)7-10)19-15-8-11(2)16(18)12(3)9-15;2*1-2/h6-9,18H,1-5H3;2*1-2H3. The summed E-state index contributed by atoms with van der Waals surface area (Å²) < 4.78 is 6.00. The second-order valence-corrected chi connectivity index (χ2v) is 5.24. The van der Waals surface area contributed by atoms with Crippen molar-refractivity contribution < 1.29 is 9.84 Å². The van der Waals surface area contributed by atoms with Gasteiger partial charge in [0, 0.05) is 0 Å². The molecule has 2 aromatic carbocycles. The second kappa shape index (κ2) is 9.94. The van der Waals surface area contributed by atoms with E-state index in [9.17, 15) is 5.11 Å². The Morgan fingerprint density at radius 1 is 0.652 bits per heavy atom. The average Bonchev–Trinajstić information content (AvgIpc) is 2.52. The van der Waals surface area contributed by atoms with Gasteiger partial charge in [-0.05, 0) is 69.0 Å². The summed E-state index contributed by atoms with van der Waals surface area (Å²) in [5.74, 6) is 2.00. The van der Waals surface area contributed by atoms with E-state index in [1.165, 1.54) is 5.56 Å². The van der Waals surface area contributed by atoms with Gasteiger partial charge >= 0.3 is 0 Å². The molecule has 0 bridgehead atoms. The van der Waals surface area contributed by atoms with Gasteiger partial charge in [-0.1, -0.05) is 45.4 Å². The molecule has 2 nitrogen and oxygen atoms in total. The van der Waals surface area contributed by atoms with Gasteiger partial charge in [-0.25, -0.2) is 0 Å². The van der Waals surface area contributed by atoms with Crippen molar-refractivity contribution in [3.8, 4) is 17.2 Å². The van der Waals surface area contributed by atoms with Gasteiger partial charge in [0.05, 0.1) is 0 Å². The van der Waals surface area contributed by atoms with Crippen LogP contribution in [0.2, 0.25) is 0 Å². The van der Waals surface area contributed by atoms with E-state index in [4.69, 9.17) is 4.74 Å². The number of phenols is 1. The maximum absolute atomic E-state index is 9.79. The number of aryl methyl sites for hydroxylation is 5. The summed E-state index contributed by atoms with van der Waals surface area (Å²) in [7, 11) is 0. The Morgan fingerprint density at radius 3 is 1.43 bits per heavy atom. The molecule has 0 unspecified atom stereocenters. The van der Waals surface area contributed by atoms with Gasteiger partial charge in [0.15, 0.2) is 0 Å². The van der Waals surface area contributed by atoms with Gasteiger partial charge in [-0.3, -0.25) is 0 Å². The molecule has 23 heavy (non-hydrogen) atoms. The number of ether oxygens (including phenoxy) is 1. The van der Waals surface area contributed by atoms with Crippen molar-refractivity contribution in [1.29, 1.82) is 0 Å². The lowest BCUT2D eigenvalue weighted by molar-refractivity contribution is 0.454. The molecule has 2 heteroatoms. The van der Waals surface area contributed by atoms with E-state index in [1.807, 2.05) is 53.7 Å². The van der Waals surface area contributed by atoms with Crippen LogP contribution in [0.3, 0.4) is 0 Å². The van der Waals surface area contributed by atoms with E-state index in [2.05, 4.69) is 32.9 Å². The third-order valence-corrected chi connectivity index (χ3v) is 3.29. The first kappa shape index (κ1) is 21.0. The molecule has 2 aromatic rings. The minimum Gasteiger partial charge on any atom is -0.507 e. The summed E-state index contributed by atoms with van der Waals surface area (Å²) in [5.41, 5.74) is 5.15. The van der Waals surface area contributed by atoms with Crippen LogP contribution in [-0.2, 0) is 0 Å². The predicted molar refractivity (Wildman–Crippen MR) is 101 cm³/mol. The summed E-state index contributed by atoms with van der Waals surface area (Å²) in [5, 5.41) is 9.79. The maximum Gasteiger partial charge on any atom is 0.133 e. The Hall–Kier alpha value is -1.96. The lowest BCUT2D eigenvalue weighted by Gasteiger charge is -2.14. The molecule has 0 aromatic heterocycles. The maximum atomic E-state index is 9.79. The van der Waals surface area contributed by atoms with Crippen LogP contribution in [-0.4, -0.2) is 5.11 Å².